The van der Waals surface area contributed by atoms with Crippen LogP contribution in [0.1, 0.15) is 77.0 Å². The average Bonchev–Trinajstić information content (AvgIpc) is 2.45. The Balaban J connectivity index is 1.97. The van der Waals surface area contributed by atoms with Crippen molar-refractivity contribution in [2.75, 3.05) is 0 Å². The van der Waals surface area contributed by atoms with Crippen LogP contribution in [0, 0.1) is 11.3 Å². The lowest BCUT2D eigenvalue weighted by molar-refractivity contribution is -0.133. The summed E-state index contributed by atoms with van der Waals surface area (Å²) in [6.07, 6.45) is 12.2. The SMILES string of the molecule is FC(F)(F)CCC=CC1(C2CCCCC2)CCCCC1. The highest BCUT2D eigenvalue weighted by Gasteiger charge is 2.37. The maximum Gasteiger partial charge on any atom is 0.389 e. The molecule has 0 aromatic carbocycles. The Bertz CT molecular complexity index is 305. The molecule has 0 spiro atoms. The first-order valence-corrected chi connectivity index (χ1v) is 8.26. The van der Waals surface area contributed by atoms with Crippen LogP contribution < -0.4 is 0 Å². The van der Waals surface area contributed by atoms with E-state index in [1.807, 2.05) is 6.08 Å². The molecule has 2 saturated carbocycles. The molecule has 0 aromatic rings. The number of hydrogen-bond donors (Lipinski definition) is 0. The van der Waals surface area contributed by atoms with Gasteiger partial charge in [0.25, 0.3) is 0 Å². The Kier molecular flexibility index (Phi) is 5.57. The standard InChI is InChI=1S/C17H27F3/c18-17(19,20)14-8-7-13-16(11-5-2-6-12-16)15-9-3-1-4-10-15/h7,13,15H,1-6,8-12,14H2. The number of alkyl halides is 3. The largest absolute Gasteiger partial charge is 0.389 e. The van der Waals surface area contributed by atoms with Gasteiger partial charge in [-0.05, 0) is 43.4 Å². The van der Waals surface area contributed by atoms with Gasteiger partial charge in [-0.25, -0.2) is 0 Å². The summed E-state index contributed by atoms with van der Waals surface area (Å²) in [6.45, 7) is 0. The predicted octanol–water partition coefficient (Wildman–Crippen LogP) is 6.42. The van der Waals surface area contributed by atoms with E-state index in [-0.39, 0.29) is 11.8 Å². The Morgan fingerprint density at radius 2 is 1.50 bits per heavy atom. The van der Waals surface area contributed by atoms with E-state index in [0.717, 1.165) is 5.92 Å². The molecule has 0 aromatic heterocycles. The Hall–Kier alpha value is -0.470. The quantitative estimate of drug-likeness (QED) is 0.524. The summed E-state index contributed by atoms with van der Waals surface area (Å²) >= 11 is 0. The molecule has 3 heteroatoms. The third-order valence-corrected chi connectivity index (χ3v) is 5.25. The van der Waals surface area contributed by atoms with Crippen LogP contribution >= 0.6 is 0 Å². The molecule has 2 fully saturated rings. The average molecular weight is 288 g/mol. The van der Waals surface area contributed by atoms with Gasteiger partial charge in [-0.2, -0.15) is 13.2 Å². The van der Waals surface area contributed by atoms with Gasteiger partial charge in [0.05, 0.1) is 0 Å². The van der Waals surface area contributed by atoms with Gasteiger partial charge in [-0.3, -0.25) is 0 Å². The Morgan fingerprint density at radius 3 is 2.10 bits per heavy atom. The van der Waals surface area contributed by atoms with Crippen molar-refractivity contribution in [3.8, 4) is 0 Å². The third-order valence-electron chi connectivity index (χ3n) is 5.25. The summed E-state index contributed by atoms with van der Waals surface area (Å²) < 4.78 is 36.7. The molecular weight excluding hydrogens is 261 g/mol. The molecule has 0 radical (unpaired) electrons. The molecule has 0 aliphatic heterocycles. The zero-order chi connectivity index (χ0) is 14.5. The maximum atomic E-state index is 12.2. The van der Waals surface area contributed by atoms with Gasteiger partial charge in [-0.1, -0.05) is 50.7 Å². The van der Waals surface area contributed by atoms with E-state index in [2.05, 4.69) is 6.08 Å². The molecule has 116 valence electrons. The third kappa shape index (κ3) is 4.53. The molecule has 0 nitrogen and oxygen atoms in total. The van der Waals surface area contributed by atoms with Gasteiger partial charge >= 0.3 is 6.18 Å². The second-order valence-corrected chi connectivity index (χ2v) is 6.68. The minimum atomic E-state index is -4.02. The van der Waals surface area contributed by atoms with E-state index >= 15 is 0 Å². The van der Waals surface area contributed by atoms with E-state index in [1.165, 1.54) is 64.2 Å². The van der Waals surface area contributed by atoms with Gasteiger partial charge in [-0.15, -0.1) is 0 Å². The summed E-state index contributed by atoms with van der Waals surface area (Å²) in [5.74, 6) is 0.721. The second kappa shape index (κ2) is 7.00. The van der Waals surface area contributed by atoms with Gasteiger partial charge < -0.3 is 0 Å². The fraction of sp³-hybridized carbons (Fsp3) is 0.882. The first-order valence-electron chi connectivity index (χ1n) is 8.26. The van der Waals surface area contributed by atoms with Gasteiger partial charge in [0.1, 0.15) is 0 Å². The molecule has 2 aliphatic rings. The van der Waals surface area contributed by atoms with Crippen LogP contribution in [0.15, 0.2) is 12.2 Å². The van der Waals surface area contributed by atoms with Crippen LogP contribution in [-0.4, -0.2) is 6.18 Å². The first-order chi connectivity index (χ1) is 9.52. The van der Waals surface area contributed by atoms with Gasteiger partial charge in [0.15, 0.2) is 0 Å². The fourth-order valence-electron chi connectivity index (χ4n) is 4.16. The lowest BCUT2D eigenvalue weighted by atomic mass is 9.61. The number of rotatable bonds is 4. The van der Waals surface area contributed by atoms with Gasteiger partial charge in [0, 0.05) is 6.42 Å². The maximum absolute atomic E-state index is 12.2. The van der Waals surface area contributed by atoms with Crippen LogP contribution in [-0.2, 0) is 0 Å². The van der Waals surface area contributed by atoms with Crippen molar-refractivity contribution in [3.05, 3.63) is 12.2 Å². The predicted molar refractivity (Wildman–Crippen MR) is 76.5 cm³/mol. The summed E-state index contributed by atoms with van der Waals surface area (Å²) in [5.41, 5.74) is 0.226. The van der Waals surface area contributed by atoms with E-state index in [4.69, 9.17) is 0 Å². The molecule has 0 amide bonds. The molecular formula is C17H27F3. The Labute approximate surface area is 120 Å². The topological polar surface area (TPSA) is 0 Å². The highest BCUT2D eigenvalue weighted by molar-refractivity contribution is 5.05. The van der Waals surface area contributed by atoms with E-state index in [9.17, 15) is 13.2 Å². The van der Waals surface area contributed by atoms with Crippen molar-refractivity contribution in [1.29, 1.82) is 0 Å². The van der Waals surface area contributed by atoms with Crippen molar-refractivity contribution in [1.82, 2.24) is 0 Å². The minimum Gasteiger partial charge on any atom is -0.171 e. The summed E-state index contributed by atoms with van der Waals surface area (Å²) in [4.78, 5) is 0. The van der Waals surface area contributed by atoms with Crippen molar-refractivity contribution >= 4 is 0 Å². The zero-order valence-corrected chi connectivity index (χ0v) is 12.4. The van der Waals surface area contributed by atoms with Crippen LogP contribution in [0.25, 0.3) is 0 Å². The van der Waals surface area contributed by atoms with E-state index in [1.54, 1.807) is 0 Å². The molecule has 0 saturated heterocycles. The van der Waals surface area contributed by atoms with E-state index in [0.29, 0.717) is 0 Å². The van der Waals surface area contributed by atoms with Crippen molar-refractivity contribution in [2.24, 2.45) is 11.3 Å². The normalized spacial score (nSPS) is 25.1. The minimum absolute atomic E-state index is 0.151. The molecule has 2 aliphatic carbocycles. The van der Waals surface area contributed by atoms with Crippen molar-refractivity contribution in [2.45, 2.75) is 83.2 Å². The summed E-state index contributed by atoms with van der Waals surface area (Å²) in [7, 11) is 0. The smallest absolute Gasteiger partial charge is 0.171 e. The number of allylic oxidation sites excluding steroid dienone is 2. The van der Waals surface area contributed by atoms with Gasteiger partial charge in [0.2, 0.25) is 0 Å². The molecule has 0 heterocycles. The summed E-state index contributed by atoms with van der Waals surface area (Å²) in [5, 5.41) is 0. The highest BCUT2D eigenvalue weighted by atomic mass is 19.4. The molecule has 0 bridgehead atoms. The summed E-state index contributed by atoms with van der Waals surface area (Å²) in [6, 6.07) is 0. The lowest BCUT2D eigenvalue weighted by Crippen LogP contribution is -2.32. The van der Waals surface area contributed by atoms with Crippen LogP contribution in [0.4, 0.5) is 13.2 Å². The lowest BCUT2D eigenvalue weighted by Gasteiger charge is -2.43. The van der Waals surface area contributed by atoms with Crippen molar-refractivity contribution in [3.63, 3.8) is 0 Å². The molecule has 0 atom stereocenters. The molecule has 0 unspecified atom stereocenters. The molecule has 20 heavy (non-hydrogen) atoms. The number of halogens is 3. The monoisotopic (exact) mass is 288 g/mol. The zero-order valence-electron chi connectivity index (χ0n) is 12.4. The van der Waals surface area contributed by atoms with Crippen molar-refractivity contribution < 1.29 is 13.2 Å². The van der Waals surface area contributed by atoms with Crippen LogP contribution in [0.3, 0.4) is 0 Å². The number of hydrogen-bond acceptors (Lipinski definition) is 0. The van der Waals surface area contributed by atoms with Crippen LogP contribution in [0.2, 0.25) is 0 Å². The highest BCUT2D eigenvalue weighted by Crippen LogP contribution is 2.49. The first kappa shape index (κ1) is 15.9. The van der Waals surface area contributed by atoms with E-state index < -0.39 is 12.6 Å². The fourth-order valence-corrected chi connectivity index (χ4v) is 4.16. The molecule has 2 rings (SSSR count). The molecule has 0 N–H and O–H groups in total. The Morgan fingerprint density at radius 1 is 0.900 bits per heavy atom. The second-order valence-electron chi connectivity index (χ2n) is 6.68. The van der Waals surface area contributed by atoms with Crippen LogP contribution in [0.5, 0.6) is 0 Å².